The number of likely N-dealkylation sites (N-methyl/N-ethyl adjacent to an activating group) is 1. The average Bonchev–Trinajstić information content (AvgIpc) is 2.29. The molecule has 16 heavy (non-hydrogen) atoms. The van der Waals surface area contributed by atoms with Crippen molar-refractivity contribution < 1.29 is 0 Å². The summed E-state index contributed by atoms with van der Waals surface area (Å²) in [6.45, 7) is 9.49. The Balaban J connectivity index is 1.80. The van der Waals surface area contributed by atoms with E-state index in [0.29, 0.717) is 0 Å². The highest BCUT2D eigenvalue weighted by atomic mass is 15.2. The van der Waals surface area contributed by atoms with Crippen LogP contribution in [0.15, 0.2) is 0 Å². The van der Waals surface area contributed by atoms with Gasteiger partial charge in [0.25, 0.3) is 0 Å². The lowest BCUT2D eigenvalue weighted by molar-refractivity contribution is 0.236. The molecule has 0 spiro atoms. The summed E-state index contributed by atoms with van der Waals surface area (Å²) >= 11 is 0. The Morgan fingerprint density at radius 1 is 1.12 bits per heavy atom. The Morgan fingerprint density at radius 3 is 2.56 bits per heavy atom. The van der Waals surface area contributed by atoms with Crippen molar-refractivity contribution in [2.75, 3.05) is 66.5 Å². The highest BCUT2D eigenvalue weighted by Crippen LogP contribution is 1.96. The van der Waals surface area contributed by atoms with Gasteiger partial charge in [-0.15, -0.1) is 0 Å². The smallest absolute Gasteiger partial charge is 0.0107 e. The number of hydrogen-bond acceptors (Lipinski definition) is 4. The van der Waals surface area contributed by atoms with Crippen molar-refractivity contribution in [3.05, 3.63) is 0 Å². The van der Waals surface area contributed by atoms with Gasteiger partial charge in [0.2, 0.25) is 0 Å². The molecule has 1 aliphatic rings. The molecule has 1 aliphatic heterocycles. The molecule has 0 unspecified atom stereocenters. The number of unbranched alkanes of at least 4 members (excludes halogenated alkanes) is 1. The summed E-state index contributed by atoms with van der Waals surface area (Å²) in [6, 6.07) is 0. The quantitative estimate of drug-likeness (QED) is 0.565. The number of piperazine rings is 1. The second-order valence-corrected chi connectivity index (χ2v) is 4.85. The molecule has 0 aromatic carbocycles. The molecule has 1 saturated heterocycles. The number of nitrogens with zero attached hydrogens (tertiary/aromatic N) is 2. The normalized spacial score (nSPS) is 18.2. The molecule has 1 rings (SSSR count). The van der Waals surface area contributed by atoms with Crippen LogP contribution in [0.3, 0.4) is 0 Å². The number of nitrogens with one attached hydrogen (secondary N) is 2. The van der Waals surface area contributed by atoms with E-state index in [-0.39, 0.29) is 0 Å². The minimum absolute atomic E-state index is 1.11. The van der Waals surface area contributed by atoms with Crippen LogP contribution < -0.4 is 10.6 Å². The first-order valence-corrected chi connectivity index (χ1v) is 6.57. The van der Waals surface area contributed by atoms with E-state index in [2.05, 4.69) is 34.5 Å². The zero-order valence-corrected chi connectivity index (χ0v) is 11.0. The molecule has 4 heteroatoms. The highest BCUT2D eigenvalue weighted by molar-refractivity contribution is 4.67. The Labute approximate surface area is 100 Å². The van der Waals surface area contributed by atoms with E-state index in [1.165, 1.54) is 52.1 Å². The fourth-order valence-electron chi connectivity index (χ4n) is 1.95. The first-order chi connectivity index (χ1) is 7.79. The molecule has 0 atom stereocenters. The Hall–Kier alpha value is -0.160. The second-order valence-electron chi connectivity index (χ2n) is 4.85. The SMILES string of the molecule is CN(C)CCNCCCCN1CCNCC1. The average molecular weight is 228 g/mol. The highest BCUT2D eigenvalue weighted by Gasteiger charge is 2.07. The van der Waals surface area contributed by atoms with Gasteiger partial charge >= 0.3 is 0 Å². The Bertz CT molecular complexity index is 155. The third-order valence-electron chi connectivity index (χ3n) is 3.02. The van der Waals surface area contributed by atoms with Gasteiger partial charge in [-0.1, -0.05) is 0 Å². The van der Waals surface area contributed by atoms with Crippen LogP contribution in [0.25, 0.3) is 0 Å². The van der Waals surface area contributed by atoms with Crippen LogP contribution in [0.4, 0.5) is 0 Å². The summed E-state index contributed by atoms with van der Waals surface area (Å²) in [5.41, 5.74) is 0. The molecule has 0 saturated carbocycles. The number of rotatable bonds is 8. The molecule has 1 fully saturated rings. The van der Waals surface area contributed by atoms with Gasteiger partial charge in [0.1, 0.15) is 0 Å². The van der Waals surface area contributed by atoms with Crippen LogP contribution in [-0.2, 0) is 0 Å². The molecule has 4 nitrogen and oxygen atoms in total. The summed E-state index contributed by atoms with van der Waals surface area (Å²) in [6.07, 6.45) is 2.63. The lowest BCUT2D eigenvalue weighted by Gasteiger charge is -2.27. The van der Waals surface area contributed by atoms with Crippen molar-refractivity contribution in [3.63, 3.8) is 0 Å². The Morgan fingerprint density at radius 2 is 1.88 bits per heavy atom. The molecule has 0 amide bonds. The molecule has 0 bridgehead atoms. The fourth-order valence-corrected chi connectivity index (χ4v) is 1.95. The Kier molecular flexibility index (Phi) is 7.76. The second kappa shape index (κ2) is 8.93. The predicted octanol–water partition coefficient (Wildman–Crippen LogP) is -0.177. The van der Waals surface area contributed by atoms with E-state index < -0.39 is 0 Å². The van der Waals surface area contributed by atoms with Gasteiger partial charge in [-0.2, -0.15) is 0 Å². The van der Waals surface area contributed by atoms with Crippen LogP contribution in [-0.4, -0.2) is 76.3 Å². The van der Waals surface area contributed by atoms with Crippen molar-refractivity contribution in [2.45, 2.75) is 12.8 Å². The fraction of sp³-hybridized carbons (Fsp3) is 1.00. The van der Waals surface area contributed by atoms with E-state index in [1.807, 2.05) is 0 Å². The topological polar surface area (TPSA) is 30.5 Å². The molecular formula is C12H28N4. The lowest BCUT2D eigenvalue weighted by Crippen LogP contribution is -2.43. The van der Waals surface area contributed by atoms with Gasteiger partial charge in [0, 0.05) is 39.3 Å². The molecule has 0 aliphatic carbocycles. The van der Waals surface area contributed by atoms with Gasteiger partial charge in [-0.3, -0.25) is 0 Å². The van der Waals surface area contributed by atoms with Gasteiger partial charge in [0.15, 0.2) is 0 Å². The zero-order chi connectivity index (χ0) is 11.6. The summed E-state index contributed by atoms with van der Waals surface area (Å²) in [5, 5.41) is 6.87. The van der Waals surface area contributed by atoms with Crippen molar-refractivity contribution in [1.82, 2.24) is 20.4 Å². The third kappa shape index (κ3) is 7.17. The molecule has 0 aromatic heterocycles. The van der Waals surface area contributed by atoms with Crippen LogP contribution in [0.5, 0.6) is 0 Å². The largest absolute Gasteiger partial charge is 0.315 e. The van der Waals surface area contributed by atoms with Crippen LogP contribution >= 0.6 is 0 Å². The van der Waals surface area contributed by atoms with Crippen molar-refractivity contribution >= 4 is 0 Å². The molecule has 2 N–H and O–H groups in total. The number of hydrogen-bond donors (Lipinski definition) is 2. The van der Waals surface area contributed by atoms with Gasteiger partial charge < -0.3 is 20.4 Å². The molecule has 0 radical (unpaired) electrons. The zero-order valence-electron chi connectivity index (χ0n) is 11.0. The van der Waals surface area contributed by atoms with Crippen LogP contribution in [0.1, 0.15) is 12.8 Å². The third-order valence-corrected chi connectivity index (χ3v) is 3.02. The predicted molar refractivity (Wildman–Crippen MR) is 70.0 cm³/mol. The van der Waals surface area contributed by atoms with Crippen molar-refractivity contribution in [1.29, 1.82) is 0 Å². The summed E-state index contributed by atoms with van der Waals surface area (Å²) < 4.78 is 0. The maximum absolute atomic E-state index is 3.48. The maximum Gasteiger partial charge on any atom is 0.0107 e. The summed E-state index contributed by atoms with van der Waals surface area (Å²) in [5.74, 6) is 0. The standard InChI is InChI=1S/C12H28N4/c1-15(2)10-6-13-5-3-4-9-16-11-7-14-8-12-16/h13-14H,3-12H2,1-2H3. The lowest BCUT2D eigenvalue weighted by atomic mass is 10.2. The maximum atomic E-state index is 3.48. The minimum Gasteiger partial charge on any atom is -0.315 e. The first-order valence-electron chi connectivity index (χ1n) is 6.57. The van der Waals surface area contributed by atoms with E-state index >= 15 is 0 Å². The van der Waals surface area contributed by atoms with E-state index in [0.717, 1.165) is 13.1 Å². The summed E-state index contributed by atoms with van der Waals surface area (Å²) in [7, 11) is 4.23. The van der Waals surface area contributed by atoms with Crippen LogP contribution in [0, 0.1) is 0 Å². The molecule has 96 valence electrons. The summed E-state index contributed by atoms with van der Waals surface area (Å²) in [4.78, 5) is 4.78. The van der Waals surface area contributed by atoms with E-state index in [1.54, 1.807) is 0 Å². The first kappa shape index (κ1) is 13.9. The van der Waals surface area contributed by atoms with Gasteiger partial charge in [-0.05, 0) is 40.0 Å². The molecule has 1 heterocycles. The van der Waals surface area contributed by atoms with Gasteiger partial charge in [-0.25, -0.2) is 0 Å². The minimum atomic E-state index is 1.11. The van der Waals surface area contributed by atoms with E-state index in [9.17, 15) is 0 Å². The monoisotopic (exact) mass is 228 g/mol. The molecular weight excluding hydrogens is 200 g/mol. The van der Waals surface area contributed by atoms with Crippen molar-refractivity contribution in [3.8, 4) is 0 Å². The molecule has 0 aromatic rings. The van der Waals surface area contributed by atoms with E-state index in [4.69, 9.17) is 0 Å². The van der Waals surface area contributed by atoms with Gasteiger partial charge in [0.05, 0.1) is 0 Å². The van der Waals surface area contributed by atoms with Crippen molar-refractivity contribution in [2.24, 2.45) is 0 Å². The van der Waals surface area contributed by atoms with Crippen LogP contribution in [0.2, 0.25) is 0 Å².